The number of carbonyl (C=O) groups is 4. The van der Waals surface area contributed by atoms with E-state index >= 15 is 0 Å². The maximum Gasteiger partial charge on any atom is 0.417 e. The van der Waals surface area contributed by atoms with Gasteiger partial charge in [0.15, 0.2) is 5.50 Å². The fraction of sp³-hybridized carbons (Fsp3) is 0.410. The van der Waals surface area contributed by atoms with E-state index in [4.69, 9.17) is 29.0 Å². The van der Waals surface area contributed by atoms with Gasteiger partial charge in [-0.25, -0.2) is 0 Å². The van der Waals surface area contributed by atoms with Gasteiger partial charge in [0.05, 0.1) is 23.7 Å². The molecule has 2 unspecified atom stereocenters. The fourth-order valence-electron chi connectivity index (χ4n) is 7.28. The molecule has 4 amide bonds. The molecule has 18 heteroatoms. The van der Waals surface area contributed by atoms with Crippen molar-refractivity contribution in [1.82, 2.24) is 10.2 Å². The molecule has 3 aromatic rings. The zero-order chi connectivity index (χ0) is 40.5. The molecule has 304 valence electrons. The molecule has 0 bridgehead atoms. The van der Waals surface area contributed by atoms with E-state index in [0.717, 1.165) is 17.7 Å². The Hall–Kier alpha value is -4.69. The minimum atomic E-state index is -4.79. The molecule has 0 radical (unpaired) electrons. The molecule has 0 aliphatic carbocycles. The molecule has 3 saturated heterocycles. The van der Waals surface area contributed by atoms with Crippen LogP contribution in [0.15, 0.2) is 54.6 Å². The lowest BCUT2D eigenvalue weighted by molar-refractivity contribution is -0.138. The third kappa shape index (κ3) is 9.55. The van der Waals surface area contributed by atoms with E-state index in [-0.39, 0.29) is 49.0 Å². The number of halogens is 5. The highest BCUT2D eigenvalue weighted by molar-refractivity contribution is 7.81. The second-order valence-electron chi connectivity index (χ2n) is 14.5. The topological polar surface area (TPSA) is 147 Å². The number of amides is 4. The second kappa shape index (κ2) is 17.4. The number of benzene rings is 3. The highest BCUT2D eigenvalue weighted by Gasteiger charge is 2.52. The molecule has 6 rings (SSSR count). The third-order valence-electron chi connectivity index (χ3n) is 10.2. The first kappa shape index (κ1) is 43.4. The number of nitrogens with zero attached hydrogens (tertiary/aromatic N) is 4. The Kier molecular flexibility index (Phi) is 13.3. The van der Waals surface area contributed by atoms with Gasteiger partial charge in [-0.2, -0.15) is 18.4 Å². The number of anilines is 4. The van der Waals surface area contributed by atoms with Gasteiger partial charge in [0.25, 0.3) is 5.91 Å². The molecule has 0 aromatic heterocycles. The first-order valence-electron chi connectivity index (χ1n) is 18.1. The number of likely N-dealkylation sites (tertiary alicyclic amines) is 1. The number of ether oxygens (including phenoxy) is 1. The smallest absolute Gasteiger partial charge is 0.417 e. The highest BCUT2D eigenvalue weighted by atomic mass is 35.5. The van der Waals surface area contributed by atoms with Crippen LogP contribution in [-0.2, 0) is 31.8 Å². The molecule has 3 aliphatic heterocycles. The number of nitrogens with one attached hydrogen (secondary N) is 3. The summed E-state index contributed by atoms with van der Waals surface area (Å²) in [5.74, 6) is -0.735. The van der Waals surface area contributed by atoms with Gasteiger partial charge in [0.2, 0.25) is 17.7 Å². The summed E-state index contributed by atoms with van der Waals surface area (Å²) in [6.07, 6.45) is -2.39. The van der Waals surface area contributed by atoms with E-state index in [9.17, 15) is 37.6 Å². The Morgan fingerprint density at radius 3 is 2.37 bits per heavy atom. The molecule has 0 spiro atoms. The summed E-state index contributed by atoms with van der Waals surface area (Å²) >= 11 is 11.0. The molecule has 2 atom stereocenters. The zero-order valence-corrected chi connectivity index (χ0v) is 33.7. The summed E-state index contributed by atoms with van der Waals surface area (Å²) in [4.78, 5) is 55.4. The van der Waals surface area contributed by atoms with Crippen LogP contribution in [0.3, 0.4) is 0 Å². The Morgan fingerprint density at radius 1 is 1.04 bits per heavy atom. The maximum absolute atomic E-state index is 13.8. The van der Waals surface area contributed by atoms with Crippen molar-refractivity contribution < 1.29 is 37.1 Å². The fourth-order valence-corrected chi connectivity index (χ4v) is 8.18. The van der Waals surface area contributed by atoms with Crippen molar-refractivity contribution in [3.05, 3.63) is 76.3 Å². The number of alkyl halides is 3. The summed E-state index contributed by atoms with van der Waals surface area (Å²) in [6, 6.07) is 14.6. The highest BCUT2D eigenvalue weighted by Crippen LogP contribution is 2.43. The minimum Gasteiger partial charge on any atom is -0.490 e. The SMILES string of the molecule is CCc1cc(N2C(S)N(c3ccc(C#N)c(C(F)(F)F)c3)C(=O)C2(C)C)ccc1OC1CCN(CC(=O)Nc2cc(Cl)cc(NC3CCC(=O)NC3=O)c2)CC1.Cl. The van der Waals surface area contributed by atoms with Crippen LogP contribution in [-0.4, -0.2) is 71.3 Å². The van der Waals surface area contributed by atoms with Crippen LogP contribution < -0.4 is 30.5 Å². The van der Waals surface area contributed by atoms with Gasteiger partial charge in [-0.3, -0.25) is 34.3 Å². The number of rotatable bonds is 10. The molecule has 3 fully saturated rings. The number of imide groups is 1. The predicted molar refractivity (Wildman–Crippen MR) is 216 cm³/mol. The van der Waals surface area contributed by atoms with E-state index in [1.54, 1.807) is 49.1 Å². The summed E-state index contributed by atoms with van der Waals surface area (Å²) < 4.78 is 47.8. The van der Waals surface area contributed by atoms with Crippen LogP contribution >= 0.6 is 36.6 Å². The summed E-state index contributed by atoms with van der Waals surface area (Å²) in [7, 11) is 0. The Morgan fingerprint density at radius 2 is 1.72 bits per heavy atom. The molecule has 3 heterocycles. The largest absolute Gasteiger partial charge is 0.490 e. The van der Waals surface area contributed by atoms with Crippen LogP contribution in [0.4, 0.5) is 35.9 Å². The van der Waals surface area contributed by atoms with Crippen molar-refractivity contribution in [1.29, 1.82) is 5.26 Å². The van der Waals surface area contributed by atoms with Gasteiger partial charge in [-0.15, -0.1) is 25.0 Å². The quantitative estimate of drug-likeness (QED) is 0.128. The van der Waals surface area contributed by atoms with Gasteiger partial charge < -0.3 is 20.3 Å². The number of thiol groups is 1. The molecule has 12 nitrogen and oxygen atoms in total. The lowest BCUT2D eigenvalue weighted by Gasteiger charge is -2.34. The van der Waals surface area contributed by atoms with E-state index < -0.39 is 46.2 Å². The predicted octanol–water partition coefficient (Wildman–Crippen LogP) is 6.76. The Balaban J connectivity index is 0.00000620. The number of piperidine rings is 2. The molecular weight excluding hydrogens is 806 g/mol. The lowest BCUT2D eigenvalue weighted by Crippen LogP contribution is -2.47. The normalized spacial score (nSPS) is 20.1. The van der Waals surface area contributed by atoms with E-state index in [0.29, 0.717) is 66.6 Å². The van der Waals surface area contributed by atoms with Crippen molar-refractivity contribution in [2.24, 2.45) is 0 Å². The van der Waals surface area contributed by atoms with E-state index in [1.165, 1.54) is 11.0 Å². The molecule has 3 N–H and O–H groups in total. The molecule has 3 aromatic carbocycles. The number of hydrogen-bond donors (Lipinski definition) is 4. The minimum absolute atomic E-state index is 0. The summed E-state index contributed by atoms with van der Waals surface area (Å²) in [5.41, 5.74) is -1.28. The Labute approximate surface area is 344 Å². The first-order valence-corrected chi connectivity index (χ1v) is 19.0. The van der Waals surface area contributed by atoms with Gasteiger partial charge >= 0.3 is 6.18 Å². The average Bonchev–Trinajstić information content (AvgIpc) is 3.31. The van der Waals surface area contributed by atoms with Crippen LogP contribution in [0.25, 0.3) is 0 Å². The van der Waals surface area contributed by atoms with Gasteiger partial charge in [-0.05, 0) is 99.7 Å². The van der Waals surface area contributed by atoms with Crippen LogP contribution in [0.5, 0.6) is 5.75 Å². The van der Waals surface area contributed by atoms with Crippen molar-refractivity contribution in [3.8, 4) is 11.8 Å². The van der Waals surface area contributed by atoms with Crippen molar-refractivity contribution in [3.63, 3.8) is 0 Å². The molecule has 57 heavy (non-hydrogen) atoms. The van der Waals surface area contributed by atoms with Gasteiger partial charge in [0.1, 0.15) is 23.4 Å². The monoisotopic (exact) mass is 847 g/mol. The summed E-state index contributed by atoms with van der Waals surface area (Å²) in [5, 5.41) is 17.9. The number of hydrogen-bond acceptors (Lipinski definition) is 10. The molecular formula is C39H42Cl2F3N7O5S. The maximum atomic E-state index is 13.8. The van der Waals surface area contributed by atoms with Crippen LogP contribution in [0.1, 0.15) is 63.1 Å². The van der Waals surface area contributed by atoms with Crippen molar-refractivity contribution >= 4 is 83.0 Å². The van der Waals surface area contributed by atoms with Gasteiger partial charge in [0, 0.05) is 47.3 Å². The molecule has 0 saturated carbocycles. The summed E-state index contributed by atoms with van der Waals surface area (Å²) in [6.45, 7) is 6.72. The van der Waals surface area contributed by atoms with Gasteiger partial charge in [-0.1, -0.05) is 18.5 Å². The third-order valence-corrected chi connectivity index (χ3v) is 10.9. The number of nitriles is 1. The Bertz CT molecular complexity index is 2090. The average molecular weight is 849 g/mol. The molecule has 3 aliphatic rings. The second-order valence-corrected chi connectivity index (χ2v) is 15.4. The van der Waals surface area contributed by atoms with Crippen LogP contribution in [0, 0.1) is 11.3 Å². The number of aryl methyl sites for hydroxylation is 1. The van der Waals surface area contributed by atoms with Crippen molar-refractivity contribution in [2.75, 3.05) is 40.1 Å². The number of carbonyl (C=O) groups excluding carboxylic acids is 4. The first-order chi connectivity index (χ1) is 26.5. The van der Waals surface area contributed by atoms with Crippen molar-refractivity contribution in [2.45, 2.75) is 82.2 Å². The van der Waals surface area contributed by atoms with E-state index in [1.807, 2.05) is 24.0 Å². The van der Waals surface area contributed by atoms with Crippen LogP contribution in [0.2, 0.25) is 5.02 Å². The standard InChI is InChI=1S/C39H41ClF3N7O5S.ClH/c1-4-22-15-28(50-37(56)49(36(54)38(50,2)3)27-6-5-23(20-44)30(19-27)39(41,42)43)7-9-32(22)55-29-11-13-48(14-12-29)21-34(52)46-26-17-24(40)16-25(18-26)45-31-8-10-33(51)47-35(31)53;/h5-7,9,15-19,29,31,37,45,56H,4,8,10-14,21H2,1-3H3,(H,46,52)(H,47,51,53);1H. The zero-order valence-electron chi connectivity index (χ0n) is 31.3. The lowest BCUT2D eigenvalue weighted by atomic mass is 10.0. The van der Waals surface area contributed by atoms with E-state index in [2.05, 4.69) is 16.0 Å².